The Morgan fingerprint density at radius 3 is 3.07 bits per heavy atom. The molecule has 2 unspecified atom stereocenters. The van der Waals surface area contributed by atoms with Crippen molar-refractivity contribution in [1.29, 1.82) is 0 Å². The summed E-state index contributed by atoms with van der Waals surface area (Å²) in [6, 6.07) is 8.63. The molecule has 2 atom stereocenters. The van der Waals surface area contributed by atoms with E-state index >= 15 is 0 Å². The van der Waals surface area contributed by atoms with Crippen LogP contribution >= 0.6 is 15.9 Å². The van der Waals surface area contributed by atoms with Gasteiger partial charge in [0, 0.05) is 10.7 Å². The smallest absolute Gasteiger partial charge is 0.0719 e. The summed E-state index contributed by atoms with van der Waals surface area (Å²) in [7, 11) is 0. The predicted octanol–water partition coefficient (Wildman–Crippen LogP) is 3.86. The van der Waals surface area contributed by atoms with Crippen molar-refractivity contribution in [2.75, 3.05) is 6.61 Å². The quantitative estimate of drug-likeness (QED) is 0.757. The summed E-state index contributed by atoms with van der Waals surface area (Å²) in [5, 5.41) is 0. The summed E-state index contributed by atoms with van der Waals surface area (Å²) in [5.41, 5.74) is 2.83. The average molecular weight is 269 g/mol. The lowest BCUT2D eigenvalue weighted by atomic mass is 9.89. The van der Waals surface area contributed by atoms with Gasteiger partial charge in [-0.25, -0.2) is 0 Å². The topological polar surface area (TPSA) is 9.23 Å². The second kappa shape index (κ2) is 5.13. The van der Waals surface area contributed by atoms with Crippen molar-refractivity contribution in [2.24, 2.45) is 0 Å². The van der Waals surface area contributed by atoms with Gasteiger partial charge < -0.3 is 4.74 Å². The number of rotatable bonds is 3. The Morgan fingerprint density at radius 1 is 1.47 bits per heavy atom. The van der Waals surface area contributed by atoms with Crippen molar-refractivity contribution in [3.8, 4) is 0 Å². The Labute approximate surface area is 100.0 Å². The maximum atomic E-state index is 5.65. The van der Waals surface area contributed by atoms with Crippen LogP contribution in [0.3, 0.4) is 0 Å². The van der Waals surface area contributed by atoms with Crippen molar-refractivity contribution in [3.05, 3.63) is 35.4 Å². The lowest BCUT2D eigenvalue weighted by Crippen LogP contribution is -2.23. The second-order valence-corrected chi connectivity index (χ2v) is 5.30. The van der Waals surface area contributed by atoms with Crippen LogP contribution < -0.4 is 0 Å². The molecule has 0 radical (unpaired) electrons. The van der Waals surface area contributed by atoms with Crippen molar-refractivity contribution >= 4 is 15.9 Å². The van der Waals surface area contributed by atoms with Crippen LogP contribution in [-0.4, -0.2) is 11.4 Å². The molecule has 0 bridgehead atoms. The molecule has 1 aromatic carbocycles. The Kier molecular flexibility index (Phi) is 3.81. The summed E-state index contributed by atoms with van der Waals surface area (Å²) in [6.45, 7) is 3.86. The molecule has 15 heavy (non-hydrogen) atoms. The highest BCUT2D eigenvalue weighted by Gasteiger charge is 2.25. The van der Waals surface area contributed by atoms with E-state index in [0.29, 0.717) is 10.7 Å². The van der Waals surface area contributed by atoms with Gasteiger partial charge in [0.2, 0.25) is 0 Å². The molecule has 0 aromatic heterocycles. The number of halogens is 1. The minimum absolute atomic E-state index is 0.523. The van der Waals surface area contributed by atoms with Gasteiger partial charge in [0.05, 0.1) is 13.2 Å². The van der Waals surface area contributed by atoms with E-state index in [1.807, 2.05) is 0 Å². The SMILES string of the molecule is CCCC(Br)C1COCc2ccccc21. The van der Waals surface area contributed by atoms with E-state index in [4.69, 9.17) is 4.74 Å². The highest BCUT2D eigenvalue weighted by Crippen LogP contribution is 2.34. The van der Waals surface area contributed by atoms with Gasteiger partial charge in [-0.05, 0) is 17.5 Å². The van der Waals surface area contributed by atoms with E-state index < -0.39 is 0 Å². The maximum Gasteiger partial charge on any atom is 0.0719 e. The summed E-state index contributed by atoms with van der Waals surface area (Å²) in [6.07, 6.45) is 2.43. The minimum Gasteiger partial charge on any atom is -0.376 e. The summed E-state index contributed by atoms with van der Waals surface area (Å²) >= 11 is 3.79. The van der Waals surface area contributed by atoms with E-state index in [2.05, 4.69) is 47.1 Å². The first-order valence-corrected chi connectivity index (χ1v) is 6.54. The Balaban J connectivity index is 2.21. The maximum absolute atomic E-state index is 5.65. The first-order valence-electron chi connectivity index (χ1n) is 5.62. The van der Waals surface area contributed by atoms with Crippen LogP contribution in [0.1, 0.15) is 36.8 Å². The number of ether oxygens (including phenoxy) is 1. The lowest BCUT2D eigenvalue weighted by Gasteiger charge is -2.29. The van der Waals surface area contributed by atoms with Crippen molar-refractivity contribution in [1.82, 2.24) is 0 Å². The fourth-order valence-electron chi connectivity index (χ4n) is 2.19. The lowest BCUT2D eigenvalue weighted by molar-refractivity contribution is 0.0901. The number of hydrogen-bond acceptors (Lipinski definition) is 1. The number of fused-ring (bicyclic) bond motifs is 1. The summed E-state index contributed by atoms with van der Waals surface area (Å²) in [5.74, 6) is 0.523. The Bertz CT molecular complexity index is 324. The van der Waals surface area contributed by atoms with Crippen LogP contribution in [0.2, 0.25) is 0 Å². The molecule has 0 saturated heterocycles. The Morgan fingerprint density at radius 2 is 2.27 bits per heavy atom. The monoisotopic (exact) mass is 268 g/mol. The highest BCUT2D eigenvalue weighted by molar-refractivity contribution is 9.09. The third kappa shape index (κ3) is 2.43. The number of benzene rings is 1. The van der Waals surface area contributed by atoms with Crippen LogP contribution in [0.25, 0.3) is 0 Å². The zero-order valence-corrected chi connectivity index (χ0v) is 10.7. The van der Waals surface area contributed by atoms with E-state index in [1.54, 1.807) is 0 Å². The zero-order valence-electron chi connectivity index (χ0n) is 9.08. The molecule has 82 valence electrons. The molecule has 1 aliphatic rings. The first-order chi connectivity index (χ1) is 7.33. The first kappa shape index (κ1) is 11.2. The van der Waals surface area contributed by atoms with Gasteiger partial charge in [-0.3, -0.25) is 0 Å². The molecule has 0 spiro atoms. The average Bonchev–Trinajstić information content (AvgIpc) is 2.28. The van der Waals surface area contributed by atoms with E-state index in [-0.39, 0.29) is 0 Å². The number of hydrogen-bond donors (Lipinski definition) is 0. The molecule has 0 amide bonds. The van der Waals surface area contributed by atoms with Crippen molar-refractivity contribution in [3.63, 3.8) is 0 Å². The molecule has 0 saturated carbocycles. The third-order valence-corrected chi connectivity index (χ3v) is 4.11. The molecule has 0 N–H and O–H groups in total. The predicted molar refractivity (Wildman–Crippen MR) is 66.5 cm³/mol. The molecule has 2 heteroatoms. The fourth-order valence-corrected chi connectivity index (χ4v) is 3.08. The molecule has 1 aromatic rings. The molecular formula is C13H17BrO. The minimum atomic E-state index is 0.523. The molecule has 1 nitrogen and oxygen atoms in total. The molecule has 0 fully saturated rings. The van der Waals surface area contributed by atoms with Crippen molar-refractivity contribution < 1.29 is 4.74 Å². The Hall–Kier alpha value is -0.340. The van der Waals surface area contributed by atoms with E-state index in [0.717, 1.165) is 13.2 Å². The largest absolute Gasteiger partial charge is 0.376 e. The molecule has 1 aliphatic heterocycles. The zero-order chi connectivity index (χ0) is 10.7. The van der Waals surface area contributed by atoms with Crippen LogP contribution in [0.5, 0.6) is 0 Å². The second-order valence-electron chi connectivity index (χ2n) is 4.13. The van der Waals surface area contributed by atoms with E-state index in [9.17, 15) is 0 Å². The summed E-state index contributed by atoms with van der Waals surface area (Å²) in [4.78, 5) is 0.545. The van der Waals surface area contributed by atoms with Gasteiger partial charge >= 0.3 is 0 Å². The van der Waals surface area contributed by atoms with Gasteiger partial charge in [-0.2, -0.15) is 0 Å². The molecule has 0 aliphatic carbocycles. The van der Waals surface area contributed by atoms with Crippen LogP contribution in [0.4, 0.5) is 0 Å². The molecular weight excluding hydrogens is 252 g/mol. The van der Waals surface area contributed by atoms with Crippen LogP contribution in [0, 0.1) is 0 Å². The molecule has 1 heterocycles. The standard InChI is InChI=1S/C13H17BrO/c1-2-5-13(14)12-9-15-8-10-6-3-4-7-11(10)12/h3-4,6-7,12-13H,2,5,8-9H2,1H3. The van der Waals surface area contributed by atoms with Crippen molar-refractivity contribution in [2.45, 2.75) is 37.1 Å². The van der Waals surface area contributed by atoms with Crippen LogP contribution in [-0.2, 0) is 11.3 Å². The van der Waals surface area contributed by atoms with Crippen LogP contribution in [0.15, 0.2) is 24.3 Å². The number of alkyl halides is 1. The van der Waals surface area contributed by atoms with E-state index in [1.165, 1.54) is 24.0 Å². The molecule has 2 rings (SSSR count). The van der Waals surface area contributed by atoms with Gasteiger partial charge in [0.1, 0.15) is 0 Å². The fraction of sp³-hybridized carbons (Fsp3) is 0.538. The van der Waals surface area contributed by atoms with Gasteiger partial charge in [-0.15, -0.1) is 0 Å². The highest BCUT2D eigenvalue weighted by atomic mass is 79.9. The normalized spacial score (nSPS) is 22.1. The summed E-state index contributed by atoms with van der Waals surface area (Å²) < 4.78 is 5.65. The van der Waals surface area contributed by atoms with Gasteiger partial charge in [0.25, 0.3) is 0 Å². The van der Waals surface area contributed by atoms with Gasteiger partial charge in [-0.1, -0.05) is 53.5 Å². The third-order valence-electron chi connectivity index (χ3n) is 3.01. The van der Waals surface area contributed by atoms with Gasteiger partial charge in [0.15, 0.2) is 0 Å².